The van der Waals surface area contributed by atoms with E-state index < -0.39 is 59.3 Å². The molecule has 0 unspecified atom stereocenters. The number of aliphatic hydroxyl groups excluding tert-OH is 2. The summed E-state index contributed by atoms with van der Waals surface area (Å²) in [6.07, 6.45) is 0.282. The molecule has 3 rings (SSSR count). The second-order valence-electron chi connectivity index (χ2n) is 7.23. The molecule has 2 fully saturated rings. The molecule has 2 aliphatic carbocycles. The SMILES string of the molecule is C[C@]1(O)C=C[C@]2(OO)[C@H]1[C@H]1OC(=O)[C@@H](CO)[C@@H]1[C@@H](O)C[C@@]2(C)O. The van der Waals surface area contributed by atoms with Crippen LogP contribution < -0.4 is 0 Å². The van der Waals surface area contributed by atoms with Crippen molar-refractivity contribution >= 4 is 5.97 Å². The summed E-state index contributed by atoms with van der Waals surface area (Å²) in [4.78, 5) is 16.7. The van der Waals surface area contributed by atoms with Crippen molar-refractivity contribution in [2.75, 3.05) is 6.61 Å². The van der Waals surface area contributed by atoms with E-state index in [9.17, 15) is 30.5 Å². The highest BCUT2D eigenvalue weighted by molar-refractivity contribution is 5.76. The first-order valence-corrected chi connectivity index (χ1v) is 7.58. The molecule has 0 spiro atoms. The number of hydrogen-bond acceptors (Lipinski definition) is 8. The van der Waals surface area contributed by atoms with Crippen LogP contribution in [0.15, 0.2) is 12.2 Å². The van der Waals surface area contributed by atoms with Gasteiger partial charge >= 0.3 is 5.97 Å². The minimum atomic E-state index is -1.75. The zero-order chi connectivity index (χ0) is 17.2. The van der Waals surface area contributed by atoms with Crippen LogP contribution in [0.4, 0.5) is 0 Å². The number of aliphatic hydroxyl groups is 4. The molecule has 130 valence electrons. The standard InChI is InChI=1S/C15H22O8/c1-13(19)3-4-15(23-21)11(13)10-9(7(6-16)12(18)22-10)8(17)5-14(15,2)20/h3-4,7-11,16-17,19-21H,5-6H2,1-2H3/t7-,8-,9+,10-,11-,13-,14+,15-/m0/s1. The van der Waals surface area contributed by atoms with Gasteiger partial charge in [-0.2, -0.15) is 0 Å². The van der Waals surface area contributed by atoms with Gasteiger partial charge in [0.25, 0.3) is 0 Å². The highest BCUT2D eigenvalue weighted by Crippen LogP contribution is 2.56. The molecule has 0 aromatic rings. The maximum atomic E-state index is 12.0. The fourth-order valence-electron chi connectivity index (χ4n) is 4.57. The highest BCUT2D eigenvalue weighted by atomic mass is 17.1. The molecule has 0 aromatic carbocycles. The van der Waals surface area contributed by atoms with Crippen LogP contribution in [-0.2, 0) is 14.4 Å². The van der Waals surface area contributed by atoms with Crippen molar-refractivity contribution in [1.29, 1.82) is 0 Å². The topological polar surface area (TPSA) is 137 Å². The minimum absolute atomic E-state index is 0.223. The molecule has 0 aromatic heterocycles. The summed E-state index contributed by atoms with van der Waals surface area (Å²) in [5, 5.41) is 51.1. The third-order valence-corrected chi connectivity index (χ3v) is 5.73. The predicted molar refractivity (Wildman–Crippen MR) is 74.9 cm³/mol. The van der Waals surface area contributed by atoms with Gasteiger partial charge in [-0.15, -0.1) is 0 Å². The lowest BCUT2D eigenvalue weighted by atomic mass is 9.70. The molecule has 23 heavy (non-hydrogen) atoms. The van der Waals surface area contributed by atoms with Crippen molar-refractivity contribution in [3.05, 3.63) is 12.2 Å². The smallest absolute Gasteiger partial charge is 0.312 e. The zero-order valence-corrected chi connectivity index (χ0v) is 12.9. The number of rotatable bonds is 2. The van der Waals surface area contributed by atoms with Crippen molar-refractivity contribution in [3.8, 4) is 0 Å². The lowest BCUT2D eigenvalue weighted by Gasteiger charge is -2.45. The van der Waals surface area contributed by atoms with Crippen LogP contribution in [0.1, 0.15) is 20.3 Å². The van der Waals surface area contributed by atoms with Crippen molar-refractivity contribution in [3.63, 3.8) is 0 Å². The maximum Gasteiger partial charge on any atom is 0.312 e. The Morgan fingerprint density at radius 2 is 2.00 bits per heavy atom. The molecule has 1 aliphatic heterocycles. The average molecular weight is 330 g/mol. The normalized spacial score (nSPS) is 55.3. The van der Waals surface area contributed by atoms with Crippen molar-refractivity contribution in [2.45, 2.75) is 49.3 Å². The first kappa shape index (κ1) is 16.8. The van der Waals surface area contributed by atoms with E-state index in [-0.39, 0.29) is 6.42 Å². The Morgan fingerprint density at radius 3 is 2.57 bits per heavy atom. The molecule has 0 radical (unpaired) electrons. The molecule has 0 amide bonds. The van der Waals surface area contributed by atoms with Gasteiger partial charge in [-0.3, -0.25) is 10.1 Å². The number of esters is 1. The molecule has 8 atom stereocenters. The number of ether oxygens (including phenoxy) is 1. The molecule has 1 saturated carbocycles. The van der Waals surface area contributed by atoms with Crippen molar-refractivity contribution in [2.24, 2.45) is 17.8 Å². The third-order valence-electron chi connectivity index (χ3n) is 5.73. The quantitative estimate of drug-likeness (QED) is 0.185. The second kappa shape index (κ2) is 4.98. The molecule has 3 aliphatic rings. The monoisotopic (exact) mass is 330 g/mol. The van der Waals surface area contributed by atoms with Gasteiger partial charge in [-0.1, -0.05) is 6.08 Å². The van der Waals surface area contributed by atoms with Crippen molar-refractivity contribution in [1.82, 2.24) is 0 Å². The van der Waals surface area contributed by atoms with E-state index in [1.165, 1.54) is 26.0 Å². The molecule has 1 saturated heterocycles. The number of fused-ring (bicyclic) bond motifs is 3. The summed E-state index contributed by atoms with van der Waals surface area (Å²) in [6.45, 7) is 2.30. The summed E-state index contributed by atoms with van der Waals surface area (Å²) in [5.41, 5.74) is -5.04. The van der Waals surface area contributed by atoms with Crippen LogP contribution >= 0.6 is 0 Å². The number of carbonyl (C=O) groups is 1. The fourth-order valence-corrected chi connectivity index (χ4v) is 4.57. The van der Waals surface area contributed by atoms with Gasteiger partial charge in [0.15, 0.2) is 5.60 Å². The van der Waals surface area contributed by atoms with Gasteiger partial charge in [0, 0.05) is 12.3 Å². The fraction of sp³-hybridized carbons (Fsp3) is 0.800. The molecule has 8 heteroatoms. The Morgan fingerprint density at radius 1 is 1.35 bits per heavy atom. The summed E-state index contributed by atoms with van der Waals surface area (Å²) >= 11 is 0. The first-order chi connectivity index (χ1) is 10.6. The Hall–Kier alpha value is -1.03. The molecular formula is C15H22O8. The number of hydrogen-bond donors (Lipinski definition) is 5. The van der Waals surface area contributed by atoms with Gasteiger partial charge in [-0.05, 0) is 19.9 Å². The van der Waals surface area contributed by atoms with Crippen LogP contribution in [0.2, 0.25) is 0 Å². The molecule has 1 heterocycles. The van der Waals surface area contributed by atoms with E-state index in [0.717, 1.165) is 0 Å². The van der Waals surface area contributed by atoms with E-state index in [0.29, 0.717) is 0 Å². The summed E-state index contributed by atoms with van der Waals surface area (Å²) < 4.78 is 5.33. The minimum Gasteiger partial charge on any atom is -0.461 e. The molecular weight excluding hydrogens is 308 g/mol. The van der Waals surface area contributed by atoms with Gasteiger partial charge < -0.3 is 25.2 Å². The van der Waals surface area contributed by atoms with E-state index >= 15 is 0 Å². The third kappa shape index (κ3) is 2.03. The van der Waals surface area contributed by atoms with Gasteiger partial charge in [0.2, 0.25) is 0 Å². The Bertz CT molecular complexity index is 542. The highest BCUT2D eigenvalue weighted by Gasteiger charge is 2.71. The van der Waals surface area contributed by atoms with Crippen LogP contribution in [0.25, 0.3) is 0 Å². The number of carbonyl (C=O) groups excluding carboxylic acids is 1. The molecule has 0 bridgehead atoms. The van der Waals surface area contributed by atoms with E-state index in [1.54, 1.807) is 0 Å². The van der Waals surface area contributed by atoms with Crippen LogP contribution in [0.3, 0.4) is 0 Å². The van der Waals surface area contributed by atoms with Crippen molar-refractivity contribution < 1.29 is 40.1 Å². The van der Waals surface area contributed by atoms with Crippen LogP contribution in [-0.4, -0.2) is 67.3 Å². The van der Waals surface area contributed by atoms with E-state index in [1.807, 2.05) is 0 Å². The summed E-state index contributed by atoms with van der Waals surface area (Å²) in [5.74, 6) is -3.51. The van der Waals surface area contributed by atoms with Gasteiger partial charge in [0.1, 0.15) is 11.7 Å². The summed E-state index contributed by atoms with van der Waals surface area (Å²) in [7, 11) is 0. The zero-order valence-electron chi connectivity index (χ0n) is 12.9. The Labute approximate surface area is 132 Å². The second-order valence-corrected chi connectivity index (χ2v) is 7.23. The van der Waals surface area contributed by atoms with Crippen LogP contribution in [0.5, 0.6) is 0 Å². The summed E-state index contributed by atoms with van der Waals surface area (Å²) in [6, 6.07) is 0. The predicted octanol–water partition coefficient (Wildman–Crippen LogP) is -1.18. The van der Waals surface area contributed by atoms with Crippen LogP contribution in [0, 0.1) is 17.8 Å². The first-order valence-electron chi connectivity index (χ1n) is 7.58. The Kier molecular flexibility index (Phi) is 3.64. The van der Waals surface area contributed by atoms with Gasteiger partial charge in [-0.25, -0.2) is 4.89 Å². The van der Waals surface area contributed by atoms with E-state index in [2.05, 4.69) is 4.89 Å². The largest absolute Gasteiger partial charge is 0.461 e. The lowest BCUT2D eigenvalue weighted by molar-refractivity contribution is -0.369. The Balaban J connectivity index is 2.17. The molecule has 8 nitrogen and oxygen atoms in total. The average Bonchev–Trinajstić information content (AvgIpc) is 2.89. The van der Waals surface area contributed by atoms with Gasteiger partial charge in [0.05, 0.1) is 30.1 Å². The maximum absolute atomic E-state index is 12.0. The van der Waals surface area contributed by atoms with E-state index in [4.69, 9.17) is 4.74 Å². The molecule has 5 N–H and O–H groups in total. The lowest BCUT2D eigenvalue weighted by Crippen LogP contribution is -2.61.